The number of amides is 1. The lowest BCUT2D eigenvalue weighted by molar-refractivity contribution is 0.102. The fraction of sp³-hybridized carbons (Fsp3) is 0.238. The molecule has 3 aromatic heterocycles. The third-order valence-electron chi connectivity index (χ3n) is 4.93. The van der Waals surface area contributed by atoms with Gasteiger partial charge < -0.3 is 5.32 Å². The number of aromatic nitrogens is 6. The summed E-state index contributed by atoms with van der Waals surface area (Å²) >= 11 is 6.19. The summed E-state index contributed by atoms with van der Waals surface area (Å²) < 4.78 is 5.19. The Kier molecular flexibility index (Phi) is 5.41. The molecule has 0 saturated carbocycles. The van der Waals surface area contributed by atoms with E-state index in [1.165, 1.54) is 11.1 Å². The summed E-state index contributed by atoms with van der Waals surface area (Å²) in [6.07, 6.45) is 5.17. The number of hydrogen-bond donors (Lipinski definition) is 1. The number of carbonyl (C=O) groups excluding carboxylic acids is 1. The van der Waals surface area contributed by atoms with Gasteiger partial charge in [0.2, 0.25) is 0 Å². The largest absolute Gasteiger partial charge is 0.318 e. The van der Waals surface area contributed by atoms with Gasteiger partial charge in [-0.25, -0.2) is 4.68 Å². The van der Waals surface area contributed by atoms with Gasteiger partial charge in [-0.2, -0.15) is 15.3 Å². The number of halogens is 1. The Morgan fingerprint density at radius 2 is 1.90 bits per heavy atom. The molecular formula is C21H22ClN7O. The van der Waals surface area contributed by atoms with E-state index in [0.29, 0.717) is 29.6 Å². The van der Waals surface area contributed by atoms with Crippen molar-refractivity contribution in [3.05, 3.63) is 82.2 Å². The van der Waals surface area contributed by atoms with Crippen LogP contribution in [0.2, 0.25) is 5.02 Å². The first kappa shape index (κ1) is 19.9. The number of rotatable bonds is 6. The predicted molar refractivity (Wildman–Crippen MR) is 115 cm³/mol. The van der Waals surface area contributed by atoms with Crippen LogP contribution in [0.1, 0.15) is 33.0 Å². The van der Waals surface area contributed by atoms with Gasteiger partial charge in [0, 0.05) is 12.4 Å². The zero-order valence-electron chi connectivity index (χ0n) is 17.0. The highest BCUT2D eigenvalue weighted by Crippen LogP contribution is 2.19. The second-order valence-corrected chi connectivity index (χ2v) is 7.55. The Balaban J connectivity index is 1.41. The minimum Gasteiger partial charge on any atom is -0.318 e. The molecule has 0 saturated heterocycles. The Hall–Kier alpha value is -3.39. The lowest BCUT2D eigenvalue weighted by Gasteiger charge is -2.05. The summed E-state index contributed by atoms with van der Waals surface area (Å²) in [6.45, 7) is 6.84. The van der Waals surface area contributed by atoms with Crippen molar-refractivity contribution >= 4 is 23.2 Å². The van der Waals surface area contributed by atoms with Gasteiger partial charge in [-0.05, 0) is 38.0 Å². The number of carbonyl (C=O) groups is 1. The van der Waals surface area contributed by atoms with E-state index in [-0.39, 0.29) is 5.91 Å². The van der Waals surface area contributed by atoms with Gasteiger partial charge in [0.1, 0.15) is 6.67 Å². The molecule has 0 unspecified atom stereocenters. The van der Waals surface area contributed by atoms with Gasteiger partial charge in [-0.15, -0.1) is 0 Å². The van der Waals surface area contributed by atoms with Crippen LogP contribution in [0.4, 0.5) is 5.69 Å². The molecule has 0 aliphatic carbocycles. The van der Waals surface area contributed by atoms with E-state index >= 15 is 0 Å². The molecule has 0 spiro atoms. The molecule has 0 atom stereocenters. The van der Waals surface area contributed by atoms with Crippen LogP contribution in [0.3, 0.4) is 0 Å². The minimum atomic E-state index is -0.296. The van der Waals surface area contributed by atoms with E-state index in [1.54, 1.807) is 38.7 Å². The van der Waals surface area contributed by atoms with Crippen LogP contribution in [-0.4, -0.2) is 35.2 Å². The molecule has 1 aromatic carbocycles. The number of aryl methyl sites for hydroxylation is 2. The van der Waals surface area contributed by atoms with Crippen molar-refractivity contribution in [3.8, 4) is 0 Å². The Bertz CT molecular complexity index is 1200. The molecule has 8 nitrogen and oxygen atoms in total. The zero-order valence-corrected chi connectivity index (χ0v) is 17.8. The van der Waals surface area contributed by atoms with Crippen LogP contribution in [0.15, 0.2) is 48.9 Å². The molecule has 0 aliphatic rings. The van der Waals surface area contributed by atoms with E-state index < -0.39 is 0 Å². The highest BCUT2D eigenvalue weighted by molar-refractivity contribution is 6.31. The predicted octanol–water partition coefficient (Wildman–Crippen LogP) is 3.66. The Morgan fingerprint density at radius 1 is 1.10 bits per heavy atom. The topological polar surface area (TPSA) is 82.6 Å². The summed E-state index contributed by atoms with van der Waals surface area (Å²) in [5, 5.41) is 16.5. The number of nitrogens with zero attached hydrogens (tertiary/aromatic N) is 6. The molecule has 4 aromatic rings. The third kappa shape index (κ3) is 4.13. The van der Waals surface area contributed by atoms with E-state index in [9.17, 15) is 4.79 Å². The van der Waals surface area contributed by atoms with Crippen LogP contribution >= 0.6 is 11.6 Å². The van der Waals surface area contributed by atoms with E-state index in [2.05, 4.69) is 39.7 Å². The van der Waals surface area contributed by atoms with Gasteiger partial charge in [0.25, 0.3) is 5.91 Å². The van der Waals surface area contributed by atoms with Crippen LogP contribution in [0.25, 0.3) is 0 Å². The van der Waals surface area contributed by atoms with Crippen LogP contribution in [0.5, 0.6) is 0 Å². The highest BCUT2D eigenvalue weighted by atomic mass is 35.5. The van der Waals surface area contributed by atoms with E-state index in [4.69, 9.17) is 11.6 Å². The van der Waals surface area contributed by atoms with Crippen LogP contribution < -0.4 is 5.32 Å². The van der Waals surface area contributed by atoms with Gasteiger partial charge >= 0.3 is 0 Å². The summed E-state index contributed by atoms with van der Waals surface area (Å²) in [5.41, 5.74) is 4.94. The van der Waals surface area contributed by atoms with Gasteiger partial charge in [-0.1, -0.05) is 35.9 Å². The van der Waals surface area contributed by atoms with Gasteiger partial charge in [0.15, 0.2) is 5.69 Å². The molecule has 1 amide bonds. The van der Waals surface area contributed by atoms with Crippen molar-refractivity contribution in [2.24, 2.45) is 0 Å². The van der Waals surface area contributed by atoms with Gasteiger partial charge in [0.05, 0.1) is 34.8 Å². The molecule has 30 heavy (non-hydrogen) atoms. The second-order valence-electron chi connectivity index (χ2n) is 7.17. The SMILES string of the molecule is Cc1ccccc1Cn1cc(NC(=O)c2ccn(Cn3nc(C)c(Cl)c3C)n2)cn1. The van der Waals surface area contributed by atoms with Crippen molar-refractivity contribution in [1.29, 1.82) is 0 Å². The molecule has 0 aliphatic heterocycles. The molecule has 0 radical (unpaired) electrons. The first-order chi connectivity index (χ1) is 14.4. The van der Waals surface area contributed by atoms with Crippen molar-refractivity contribution in [3.63, 3.8) is 0 Å². The lowest BCUT2D eigenvalue weighted by Crippen LogP contribution is -2.15. The number of hydrogen-bond acceptors (Lipinski definition) is 4. The smallest absolute Gasteiger partial charge is 0.276 e. The maximum atomic E-state index is 12.6. The summed E-state index contributed by atoms with van der Waals surface area (Å²) in [7, 11) is 0. The summed E-state index contributed by atoms with van der Waals surface area (Å²) in [4.78, 5) is 12.6. The highest BCUT2D eigenvalue weighted by Gasteiger charge is 2.13. The first-order valence-electron chi connectivity index (χ1n) is 9.52. The lowest BCUT2D eigenvalue weighted by atomic mass is 10.1. The molecule has 154 valence electrons. The fourth-order valence-electron chi connectivity index (χ4n) is 3.18. The molecule has 9 heteroatoms. The maximum absolute atomic E-state index is 12.6. The average Bonchev–Trinajstić information content (AvgIpc) is 3.42. The maximum Gasteiger partial charge on any atom is 0.276 e. The molecule has 3 heterocycles. The minimum absolute atomic E-state index is 0.296. The van der Waals surface area contributed by atoms with Crippen molar-refractivity contribution in [2.45, 2.75) is 34.0 Å². The molecule has 1 N–H and O–H groups in total. The quantitative estimate of drug-likeness (QED) is 0.513. The monoisotopic (exact) mass is 423 g/mol. The zero-order chi connectivity index (χ0) is 21.3. The normalized spacial score (nSPS) is 11.1. The number of nitrogens with one attached hydrogen (secondary N) is 1. The van der Waals surface area contributed by atoms with Crippen LogP contribution in [-0.2, 0) is 13.2 Å². The average molecular weight is 424 g/mol. The summed E-state index contributed by atoms with van der Waals surface area (Å²) in [5.74, 6) is -0.296. The summed E-state index contributed by atoms with van der Waals surface area (Å²) in [6, 6.07) is 9.82. The van der Waals surface area contributed by atoms with Crippen molar-refractivity contribution in [1.82, 2.24) is 29.3 Å². The number of anilines is 1. The molecule has 0 bridgehead atoms. The van der Waals surface area contributed by atoms with E-state index in [1.807, 2.05) is 26.0 Å². The van der Waals surface area contributed by atoms with E-state index in [0.717, 1.165) is 11.4 Å². The molecule has 4 rings (SSSR count). The standard InChI is InChI=1S/C21H22ClN7O/c1-14-6-4-5-7-17(14)11-28-12-18(10-23-28)24-21(30)19-8-9-27(26-19)13-29-16(3)20(22)15(2)25-29/h4-10,12H,11,13H2,1-3H3,(H,24,30). The molecule has 0 fully saturated rings. The van der Waals surface area contributed by atoms with Gasteiger partial charge in [-0.3, -0.25) is 14.2 Å². The number of benzene rings is 1. The molecular weight excluding hydrogens is 402 g/mol. The fourth-order valence-corrected chi connectivity index (χ4v) is 3.32. The second kappa shape index (κ2) is 8.16. The Labute approximate surface area is 179 Å². The first-order valence-corrected chi connectivity index (χ1v) is 9.90. The van der Waals surface area contributed by atoms with Crippen molar-refractivity contribution in [2.75, 3.05) is 5.32 Å². The third-order valence-corrected chi connectivity index (χ3v) is 5.48. The Morgan fingerprint density at radius 3 is 2.63 bits per heavy atom. The van der Waals surface area contributed by atoms with Crippen molar-refractivity contribution < 1.29 is 4.79 Å². The van der Waals surface area contributed by atoms with Crippen LogP contribution in [0, 0.1) is 20.8 Å².